The molecule has 3 aliphatic heterocycles. The molecule has 0 spiro atoms. The maximum Gasteiger partial charge on any atom is 0.322 e. The van der Waals surface area contributed by atoms with Gasteiger partial charge in [-0.25, -0.2) is 0 Å². The van der Waals surface area contributed by atoms with Gasteiger partial charge in [0.1, 0.15) is 30.7 Å². The topological polar surface area (TPSA) is 275 Å². The van der Waals surface area contributed by atoms with E-state index in [0.29, 0.717) is 25.8 Å². The van der Waals surface area contributed by atoms with Gasteiger partial charge in [-0.15, -0.1) is 0 Å². The second kappa shape index (κ2) is 15.4. The van der Waals surface area contributed by atoms with Crippen LogP contribution in [0.15, 0.2) is 0 Å². The molecule has 3 saturated heterocycles. The summed E-state index contributed by atoms with van der Waals surface area (Å²) in [4.78, 5) is 103. The van der Waals surface area contributed by atoms with Crippen LogP contribution in [0.2, 0.25) is 0 Å². The van der Waals surface area contributed by atoms with Gasteiger partial charge in [0.2, 0.25) is 41.4 Å². The molecule has 3 fully saturated rings. The summed E-state index contributed by atoms with van der Waals surface area (Å²) in [6, 6.07) is -4.15. The van der Waals surface area contributed by atoms with Crippen LogP contribution in [-0.2, 0) is 38.4 Å². The van der Waals surface area contributed by atoms with Crippen molar-refractivity contribution in [1.29, 1.82) is 0 Å². The number of rotatable bonds is 13. The molecule has 44 heavy (non-hydrogen) atoms. The summed E-state index contributed by atoms with van der Waals surface area (Å²) in [5.41, 5.74) is 10.6. The van der Waals surface area contributed by atoms with Crippen LogP contribution in [0.4, 0.5) is 0 Å². The molecule has 3 rings (SSSR count). The molecular weight excluding hydrogens is 584 g/mol. The van der Waals surface area contributed by atoms with Gasteiger partial charge < -0.3 is 52.3 Å². The average Bonchev–Trinajstić information content (AvgIpc) is 3.75. The summed E-state index contributed by atoms with van der Waals surface area (Å²) >= 11 is 0. The first-order valence-corrected chi connectivity index (χ1v) is 14.5. The number of hydrogen-bond donors (Lipinski definition) is 7. The number of hydrogen-bond acceptors (Lipinski definition) is 10. The number of carboxylic acids is 1. The summed E-state index contributed by atoms with van der Waals surface area (Å²) in [7, 11) is 0. The Kier molecular flexibility index (Phi) is 12.0. The third kappa shape index (κ3) is 8.62. The van der Waals surface area contributed by atoms with Gasteiger partial charge in [0.25, 0.3) is 0 Å². The normalized spacial score (nSPS) is 23.6. The van der Waals surface area contributed by atoms with E-state index in [2.05, 4.69) is 16.0 Å². The first kappa shape index (κ1) is 34.2. The number of β-amino-alcohol motifs (C(OH)–C–C–N with tert-alkyl or cyclic N) is 1. The van der Waals surface area contributed by atoms with Gasteiger partial charge in [-0.3, -0.25) is 38.4 Å². The van der Waals surface area contributed by atoms with Crippen molar-refractivity contribution >= 4 is 47.3 Å². The summed E-state index contributed by atoms with van der Waals surface area (Å²) in [6.45, 7) is -1.05. The molecule has 5 atom stereocenters. The van der Waals surface area contributed by atoms with Crippen LogP contribution in [-0.4, -0.2) is 142 Å². The molecule has 0 aromatic heterocycles. The number of carboxylic acid groups (broad SMARTS) is 1. The van der Waals surface area contributed by atoms with Crippen LogP contribution in [0.3, 0.4) is 0 Å². The Morgan fingerprint density at radius 1 is 0.818 bits per heavy atom. The van der Waals surface area contributed by atoms with Crippen LogP contribution in [0.1, 0.15) is 44.9 Å². The number of likely N-dealkylation sites (tertiary alicyclic amines) is 3. The van der Waals surface area contributed by atoms with Crippen molar-refractivity contribution in [3.63, 3.8) is 0 Å². The predicted molar refractivity (Wildman–Crippen MR) is 149 cm³/mol. The number of primary amides is 1. The minimum absolute atomic E-state index is 0.0608. The average molecular weight is 625 g/mol. The van der Waals surface area contributed by atoms with E-state index in [1.54, 1.807) is 0 Å². The zero-order valence-electron chi connectivity index (χ0n) is 24.2. The third-order valence-electron chi connectivity index (χ3n) is 7.91. The molecule has 0 aromatic carbocycles. The summed E-state index contributed by atoms with van der Waals surface area (Å²) in [6.07, 6.45) is 0.196. The van der Waals surface area contributed by atoms with Gasteiger partial charge in [0, 0.05) is 32.5 Å². The molecule has 3 heterocycles. The van der Waals surface area contributed by atoms with Gasteiger partial charge in [0.05, 0.1) is 19.2 Å². The second-order valence-corrected chi connectivity index (χ2v) is 11.0. The van der Waals surface area contributed by atoms with Gasteiger partial charge in [-0.2, -0.15) is 0 Å². The zero-order valence-corrected chi connectivity index (χ0v) is 24.2. The number of nitrogens with one attached hydrogen (secondary N) is 3. The number of amides is 7. The number of carbonyl (C=O) groups excluding carboxylic acids is 7. The van der Waals surface area contributed by atoms with E-state index in [1.165, 1.54) is 14.7 Å². The van der Waals surface area contributed by atoms with E-state index in [9.17, 15) is 43.5 Å². The molecule has 1 unspecified atom stereocenters. The minimum Gasteiger partial charge on any atom is -0.480 e. The van der Waals surface area contributed by atoms with Gasteiger partial charge in [-0.1, -0.05) is 0 Å². The van der Waals surface area contributed by atoms with E-state index >= 15 is 0 Å². The highest BCUT2D eigenvalue weighted by molar-refractivity contribution is 5.96. The number of carbonyl (C=O) groups is 8. The largest absolute Gasteiger partial charge is 0.480 e. The van der Waals surface area contributed by atoms with Crippen LogP contribution in [0.5, 0.6) is 0 Å². The van der Waals surface area contributed by atoms with Gasteiger partial charge in [-0.05, 0) is 32.1 Å². The fourth-order valence-corrected chi connectivity index (χ4v) is 5.77. The zero-order chi connectivity index (χ0) is 32.6. The second-order valence-electron chi connectivity index (χ2n) is 11.0. The number of nitrogens with two attached hydrogens (primary N) is 2. The Morgan fingerprint density at radius 3 is 2.07 bits per heavy atom. The van der Waals surface area contributed by atoms with E-state index in [0.717, 1.165) is 0 Å². The Labute approximate surface area is 252 Å². The van der Waals surface area contributed by atoms with Crippen molar-refractivity contribution in [3.8, 4) is 0 Å². The minimum atomic E-state index is -1.31. The molecule has 3 aliphatic rings. The lowest BCUT2D eigenvalue weighted by Crippen LogP contribution is -2.56. The molecule has 244 valence electrons. The third-order valence-corrected chi connectivity index (χ3v) is 7.91. The SMILES string of the molecule is NCC(=O)N1CCC[C@H]1C(=O)N1CC(O)C[C@H]1C(=O)NCC(=O)N1CCC[C@H]1C(=O)N[C@@H](CCC(N)=O)C(=O)NCC(=O)O. The smallest absolute Gasteiger partial charge is 0.322 e. The lowest BCUT2D eigenvalue weighted by Gasteiger charge is -2.31. The summed E-state index contributed by atoms with van der Waals surface area (Å²) < 4.78 is 0. The fraction of sp³-hybridized carbons (Fsp3) is 0.692. The Hall–Kier alpha value is -4.32. The monoisotopic (exact) mass is 624 g/mol. The van der Waals surface area contributed by atoms with Crippen molar-refractivity contribution in [3.05, 3.63) is 0 Å². The van der Waals surface area contributed by atoms with Crippen molar-refractivity contribution < 1.29 is 48.6 Å². The van der Waals surface area contributed by atoms with Crippen LogP contribution in [0.25, 0.3) is 0 Å². The fourth-order valence-electron chi connectivity index (χ4n) is 5.77. The first-order chi connectivity index (χ1) is 20.8. The first-order valence-electron chi connectivity index (χ1n) is 14.5. The van der Waals surface area contributed by atoms with E-state index in [4.69, 9.17) is 16.6 Å². The molecule has 0 aromatic rings. The Balaban J connectivity index is 1.60. The lowest BCUT2D eigenvalue weighted by molar-refractivity contribution is -0.146. The predicted octanol–water partition coefficient (Wildman–Crippen LogP) is -5.04. The Bertz CT molecular complexity index is 1170. The van der Waals surface area contributed by atoms with Crippen molar-refractivity contribution in [2.24, 2.45) is 11.5 Å². The molecule has 9 N–H and O–H groups in total. The van der Waals surface area contributed by atoms with Crippen molar-refractivity contribution in [1.82, 2.24) is 30.7 Å². The molecule has 0 saturated carbocycles. The standard InChI is InChI=1S/C26H40N8O10/c27-10-20(37)33-8-2-4-17(33)26(44)34-13-14(35)9-18(34)24(42)29-11-21(38)32-7-1-3-16(32)25(43)31-15(5-6-19(28)36)23(41)30-12-22(39)40/h14-18,35H,1-13,27H2,(H2,28,36)(H,29,42)(H,30,41)(H,31,43)(H,39,40)/t14?,15-,16-,17-,18-/m0/s1. The molecule has 0 radical (unpaired) electrons. The van der Waals surface area contributed by atoms with Gasteiger partial charge in [0.15, 0.2) is 0 Å². The van der Waals surface area contributed by atoms with E-state index < -0.39 is 90.7 Å². The van der Waals surface area contributed by atoms with E-state index in [-0.39, 0.29) is 45.3 Å². The molecule has 18 nitrogen and oxygen atoms in total. The number of aliphatic hydroxyl groups is 1. The quantitative estimate of drug-likeness (QED) is 0.102. The Morgan fingerprint density at radius 2 is 1.45 bits per heavy atom. The summed E-state index contributed by atoms with van der Waals surface area (Å²) in [5, 5.41) is 26.1. The maximum atomic E-state index is 13.3. The van der Waals surface area contributed by atoms with Crippen LogP contribution >= 0.6 is 0 Å². The van der Waals surface area contributed by atoms with Gasteiger partial charge >= 0.3 is 5.97 Å². The molecule has 0 aliphatic carbocycles. The molecule has 7 amide bonds. The maximum absolute atomic E-state index is 13.3. The summed E-state index contributed by atoms with van der Waals surface area (Å²) in [5.74, 6) is -5.75. The molecule has 18 heteroatoms. The highest BCUT2D eigenvalue weighted by atomic mass is 16.4. The molecule has 0 bridgehead atoms. The number of aliphatic carboxylic acids is 1. The van der Waals surface area contributed by atoms with Crippen molar-refractivity contribution in [2.45, 2.75) is 75.2 Å². The van der Waals surface area contributed by atoms with Crippen LogP contribution < -0.4 is 27.4 Å². The highest BCUT2D eigenvalue weighted by Crippen LogP contribution is 2.25. The number of nitrogens with zero attached hydrogens (tertiary/aromatic N) is 3. The van der Waals surface area contributed by atoms with Crippen LogP contribution in [0, 0.1) is 0 Å². The molecular formula is C26H40N8O10. The highest BCUT2D eigenvalue weighted by Gasteiger charge is 2.45. The van der Waals surface area contributed by atoms with E-state index in [1.807, 2.05) is 0 Å². The van der Waals surface area contributed by atoms with Crippen molar-refractivity contribution in [2.75, 3.05) is 39.3 Å². The number of aliphatic hydroxyl groups excluding tert-OH is 1. The lowest BCUT2D eigenvalue weighted by atomic mass is 10.1.